The number of terminal acetylenes is 1. The second-order valence-electron chi connectivity index (χ2n) is 5.47. The fourth-order valence-corrected chi connectivity index (χ4v) is 2.74. The van der Waals surface area contributed by atoms with Gasteiger partial charge in [-0.1, -0.05) is 30.2 Å². The van der Waals surface area contributed by atoms with Crippen LogP contribution in [-0.4, -0.2) is 23.5 Å². The highest BCUT2D eigenvalue weighted by molar-refractivity contribution is 7.80. The first kappa shape index (κ1) is 18.3. The number of carbonyl (C=O) groups is 2. The highest BCUT2D eigenvalue weighted by Crippen LogP contribution is 2.24. The number of amides is 2. The first-order chi connectivity index (χ1) is 13.0. The van der Waals surface area contributed by atoms with Crippen LogP contribution in [0, 0.1) is 18.2 Å². The minimum Gasteiger partial charge on any atom is -0.481 e. The molecule has 0 saturated carbocycles. The van der Waals surface area contributed by atoms with E-state index in [4.69, 9.17) is 23.4 Å². The smallest absolute Gasteiger partial charge is 0.270 e. The zero-order valence-corrected chi connectivity index (χ0v) is 14.8. The van der Waals surface area contributed by atoms with E-state index in [0.29, 0.717) is 11.3 Å². The maximum atomic E-state index is 14.1. The predicted octanol–water partition coefficient (Wildman–Crippen LogP) is 2.67. The molecule has 2 amide bonds. The molecular weight excluding hydrogens is 367 g/mol. The van der Waals surface area contributed by atoms with Crippen molar-refractivity contribution in [2.45, 2.75) is 0 Å². The second kappa shape index (κ2) is 7.81. The van der Waals surface area contributed by atoms with Gasteiger partial charge < -0.3 is 4.74 Å². The number of hydrogen-bond acceptors (Lipinski definition) is 4. The summed E-state index contributed by atoms with van der Waals surface area (Å²) < 4.78 is 19.4. The summed E-state index contributed by atoms with van der Waals surface area (Å²) in [5, 5.41) is 2.24. The normalized spacial score (nSPS) is 15.5. The highest BCUT2D eigenvalue weighted by atomic mass is 32.1. The molecule has 27 heavy (non-hydrogen) atoms. The van der Waals surface area contributed by atoms with E-state index in [1.807, 2.05) is 0 Å². The first-order valence-corrected chi connectivity index (χ1v) is 8.24. The zero-order chi connectivity index (χ0) is 19.4. The fraction of sp³-hybridized carbons (Fsp3) is 0.0500. The van der Waals surface area contributed by atoms with Crippen LogP contribution in [0.2, 0.25) is 0 Å². The number of thiocarbonyl (C=S) groups is 1. The van der Waals surface area contributed by atoms with E-state index in [0.717, 1.165) is 4.90 Å². The van der Waals surface area contributed by atoms with Gasteiger partial charge in [0.25, 0.3) is 11.8 Å². The standard InChI is InChI=1S/C20H13FN2O3S/c1-2-11-26-14-9-7-13(8-10-14)12-15-18(24)22-20(27)23(19(15)25)17-6-4-3-5-16(17)21/h1,3-10,12H,11H2,(H,22,24,27)/b15-12+. The Labute approximate surface area is 160 Å². The van der Waals surface area contributed by atoms with Crippen LogP contribution >= 0.6 is 12.2 Å². The molecule has 7 heteroatoms. The Morgan fingerprint density at radius 2 is 1.89 bits per heavy atom. The molecule has 0 aliphatic carbocycles. The summed E-state index contributed by atoms with van der Waals surface area (Å²) in [6.45, 7) is 0.135. The Kier molecular flexibility index (Phi) is 5.29. The van der Waals surface area contributed by atoms with Crippen molar-refractivity contribution in [3.8, 4) is 18.1 Å². The van der Waals surface area contributed by atoms with Gasteiger partial charge in [-0.15, -0.1) is 6.42 Å². The SMILES string of the molecule is C#CCOc1ccc(/C=C2\C(=O)NC(=S)N(c3ccccc3F)C2=O)cc1. The van der Waals surface area contributed by atoms with Crippen LogP contribution in [0.5, 0.6) is 5.75 Å². The molecule has 1 fully saturated rings. The van der Waals surface area contributed by atoms with Crippen LogP contribution in [-0.2, 0) is 9.59 Å². The summed E-state index contributed by atoms with van der Waals surface area (Å²) in [5.41, 5.74) is 0.392. The van der Waals surface area contributed by atoms with Gasteiger partial charge in [0, 0.05) is 0 Å². The monoisotopic (exact) mass is 380 g/mol. The summed E-state index contributed by atoms with van der Waals surface area (Å²) in [4.78, 5) is 26.0. The minimum absolute atomic E-state index is 0.0311. The van der Waals surface area contributed by atoms with Crippen molar-refractivity contribution in [3.05, 3.63) is 65.5 Å². The molecule has 1 saturated heterocycles. The number of ether oxygens (including phenoxy) is 1. The number of carbonyl (C=O) groups excluding carboxylic acids is 2. The maximum absolute atomic E-state index is 14.1. The third kappa shape index (κ3) is 3.86. The molecule has 5 nitrogen and oxygen atoms in total. The lowest BCUT2D eigenvalue weighted by Gasteiger charge is -2.29. The van der Waals surface area contributed by atoms with Gasteiger partial charge in [-0.3, -0.25) is 14.9 Å². The molecule has 2 aromatic carbocycles. The molecular formula is C20H13FN2O3S. The van der Waals surface area contributed by atoms with E-state index >= 15 is 0 Å². The molecule has 134 valence electrons. The van der Waals surface area contributed by atoms with Crippen molar-refractivity contribution >= 4 is 40.9 Å². The Morgan fingerprint density at radius 1 is 1.19 bits per heavy atom. The number of halogens is 1. The van der Waals surface area contributed by atoms with E-state index in [2.05, 4.69) is 11.2 Å². The molecule has 1 N–H and O–H groups in total. The Morgan fingerprint density at radius 3 is 2.56 bits per heavy atom. The summed E-state index contributed by atoms with van der Waals surface area (Å²) in [5.74, 6) is 0.935. The quantitative estimate of drug-likeness (QED) is 0.384. The molecule has 3 rings (SSSR count). The van der Waals surface area contributed by atoms with Crippen molar-refractivity contribution in [2.24, 2.45) is 0 Å². The topological polar surface area (TPSA) is 58.6 Å². The molecule has 0 radical (unpaired) electrons. The van der Waals surface area contributed by atoms with Crippen LogP contribution in [0.3, 0.4) is 0 Å². The molecule has 0 atom stereocenters. The van der Waals surface area contributed by atoms with Gasteiger partial charge in [-0.2, -0.15) is 0 Å². The van der Waals surface area contributed by atoms with Crippen molar-refractivity contribution in [2.75, 3.05) is 11.5 Å². The van der Waals surface area contributed by atoms with Crippen molar-refractivity contribution in [3.63, 3.8) is 0 Å². The number of anilines is 1. The van der Waals surface area contributed by atoms with Crippen LogP contribution in [0.4, 0.5) is 10.1 Å². The van der Waals surface area contributed by atoms with Crippen LogP contribution in [0.1, 0.15) is 5.56 Å². The second-order valence-corrected chi connectivity index (χ2v) is 5.86. The maximum Gasteiger partial charge on any atom is 0.270 e. The Balaban J connectivity index is 1.92. The van der Waals surface area contributed by atoms with E-state index in [9.17, 15) is 14.0 Å². The van der Waals surface area contributed by atoms with Gasteiger partial charge >= 0.3 is 0 Å². The number of nitrogens with zero attached hydrogens (tertiary/aromatic N) is 1. The molecule has 0 aromatic heterocycles. The van der Waals surface area contributed by atoms with Gasteiger partial charge in [-0.25, -0.2) is 9.29 Å². The lowest BCUT2D eigenvalue weighted by molar-refractivity contribution is -0.122. The molecule has 0 spiro atoms. The summed E-state index contributed by atoms with van der Waals surface area (Å²) in [7, 11) is 0. The predicted molar refractivity (Wildman–Crippen MR) is 103 cm³/mol. The van der Waals surface area contributed by atoms with Crippen molar-refractivity contribution in [1.82, 2.24) is 5.32 Å². The van der Waals surface area contributed by atoms with Crippen LogP contribution in [0.15, 0.2) is 54.1 Å². The van der Waals surface area contributed by atoms with Crippen LogP contribution < -0.4 is 15.0 Å². The van der Waals surface area contributed by atoms with E-state index in [1.165, 1.54) is 24.3 Å². The minimum atomic E-state index is -0.707. The fourth-order valence-electron chi connectivity index (χ4n) is 2.46. The first-order valence-electron chi connectivity index (χ1n) is 7.83. The summed E-state index contributed by atoms with van der Waals surface area (Å²) in [6.07, 6.45) is 6.54. The van der Waals surface area contributed by atoms with Gasteiger partial charge in [-0.05, 0) is 48.1 Å². The number of para-hydroxylation sites is 1. The van der Waals surface area contributed by atoms with E-state index in [-0.39, 0.29) is 23.0 Å². The van der Waals surface area contributed by atoms with Gasteiger partial charge in [0.05, 0.1) is 5.69 Å². The lowest BCUT2D eigenvalue weighted by atomic mass is 10.1. The zero-order valence-electron chi connectivity index (χ0n) is 13.9. The summed E-state index contributed by atoms with van der Waals surface area (Å²) >= 11 is 5.04. The lowest BCUT2D eigenvalue weighted by Crippen LogP contribution is -2.54. The highest BCUT2D eigenvalue weighted by Gasteiger charge is 2.35. The average molecular weight is 380 g/mol. The largest absolute Gasteiger partial charge is 0.481 e. The molecule has 1 aliphatic heterocycles. The number of benzene rings is 2. The Hall–Kier alpha value is -3.50. The molecule has 0 bridgehead atoms. The van der Waals surface area contributed by atoms with Gasteiger partial charge in [0.1, 0.15) is 23.7 Å². The third-order valence-electron chi connectivity index (χ3n) is 3.71. The number of hydrogen-bond donors (Lipinski definition) is 1. The van der Waals surface area contributed by atoms with Gasteiger partial charge in [0.15, 0.2) is 5.11 Å². The average Bonchev–Trinajstić information content (AvgIpc) is 2.66. The van der Waals surface area contributed by atoms with E-state index in [1.54, 1.807) is 30.3 Å². The summed E-state index contributed by atoms with van der Waals surface area (Å²) in [6, 6.07) is 12.3. The van der Waals surface area contributed by atoms with Gasteiger partial charge in [0.2, 0.25) is 0 Å². The number of rotatable bonds is 4. The van der Waals surface area contributed by atoms with Crippen LogP contribution in [0.25, 0.3) is 6.08 Å². The molecule has 1 aliphatic rings. The molecule has 2 aromatic rings. The van der Waals surface area contributed by atoms with Crippen molar-refractivity contribution < 1.29 is 18.7 Å². The molecule has 0 unspecified atom stereocenters. The third-order valence-corrected chi connectivity index (χ3v) is 3.99. The van der Waals surface area contributed by atoms with Crippen molar-refractivity contribution in [1.29, 1.82) is 0 Å². The Bertz CT molecular complexity index is 993. The molecule has 1 heterocycles. The number of nitrogens with one attached hydrogen (secondary N) is 1. The van der Waals surface area contributed by atoms with E-state index < -0.39 is 17.6 Å².